The van der Waals surface area contributed by atoms with Crippen LogP contribution >= 0.6 is 0 Å². The lowest BCUT2D eigenvalue weighted by Crippen LogP contribution is -2.19. The molecule has 0 heterocycles. The Hall–Kier alpha value is -1.02. The molecular weight excluding hydrogens is 200 g/mol. The number of aryl methyl sites for hydroxylation is 1. The second kappa shape index (κ2) is 4.88. The molecule has 2 rings (SSSR count). The van der Waals surface area contributed by atoms with E-state index >= 15 is 0 Å². The van der Waals surface area contributed by atoms with Crippen molar-refractivity contribution in [3.8, 4) is 5.75 Å². The molecule has 88 valence electrons. The normalized spacial score (nSPS) is 21.3. The third-order valence-electron chi connectivity index (χ3n) is 3.44. The van der Waals surface area contributed by atoms with Gasteiger partial charge in [0.2, 0.25) is 0 Å². The van der Waals surface area contributed by atoms with Crippen molar-refractivity contribution < 1.29 is 9.84 Å². The summed E-state index contributed by atoms with van der Waals surface area (Å²) in [6, 6.07) is 6.28. The quantitative estimate of drug-likeness (QED) is 0.848. The van der Waals surface area contributed by atoms with Crippen molar-refractivity contribution in [2.45, 2.75) is 38.7 Å². The second-order valence-corrected chi connectivity index (χ2v) is 4.79. The minimum Gasteiger partial charge on any atom is -0.496 e. The Morgan fingerprint density at radius 2 is 2.31 bits per heavy atom. The van der Waals surface area contributed by atoms with E-state index < -0.39 is 0 Å². The molecule has 0 radical (unpaired) electrons. The van der Waals surface area contributed by atoms with E-state index in [1.807, 2.05) is 13.0 Å². The highest BCUT2D eigenvalue weighted by molar-refractivity contribution is 5.42. The van der Waals surface area contributed by atoms with Crippen molar-refractivity contribution in [3.05, 3.63) is 29.3 Å². The number of methoxy groups -OCH3 is 1. The van der Waals surface area contributed by atoms with E-state index in [2.05, 4.69) is 12.1 Å². The molecule has 1 aromatic carbocycles. The summed E-state index contributed by atoms with van der Waals surface area (Å²) in [6.45, 7) is 1.87. The number of hydrogen-bond donors (Lipinski definition) is 1. The summed E-state index contributed by atoms with van der Waals surface area (Å²) in [4.78, 5) is 0. The van der Waals surface area contributed by atoms with Crippen LogP contribution in [0, 0.1) is 5.92 Å². The highest BCUT2D eigenvalue weighted by Gasteiger charge is 2.22. The second-order valence-electron chi connectivity index (χ2n) is 4.79. The van der Waals surface area contributed by atoms with Gasteiger partial charge in [-0.1, -0.05) is 12.1 Å². The first-order valence-electron chi connectivity index (χ1n) is 6.03. The summed E-state index contributed by atoms with van der Waals surface area (Å²) in [6.07, 6.45) is 4.05. The number of fused-ring (bicyclic) bond motifs is 1. The Kier molecular flexibility index (Phi) is 3.49. The minimum absolute atomic E-state index is 0.193. The lowest BCUT2D eigenvalue weighted by atomic mass is 9.81. The van der Waals surface area contributed by atoms with E-state index in [0.29, 0.717) is 5.92 Å². The largest absolute Gasteiger partial charge is 0.496 e. The molecule has 1 N–H and O–H groups in total. The highest BCUT2D eigenvalue weighted by Crippen LogP contribution is 2.33. The van der Waals surface area contributed by atoms with Gasteiger partial charge in [0.1, 0.15) is 5.75 Å². The van der Waals surface area contributed by atoms with Crippen molar-refractivity contribution in [1.82, 2.24) is 0 Å². The van der Waals surface area contributed by atoms with Gasteiger partial charge in [-0.3, -0.25) is 0 Å². The summed E-state index contributed by atoms with van der Waals surface area (Å²) in [7, 11) is 1.73. The van der Waals surface area contributed by atoms with E-state index in [4.69, 9.17) is 4.74 Å². The number of aliphatic hydroxyl groups excluding tert-OH is 1. The van der Waals surface area contributed by atoms with Gasteiger partial charge in [0.25, 0.3) is 0 Å². The van der Waals surface area contributed by atoms with Gasteiger partial charge in [-0.05, 0) is 55.7 Å². The van der Waals surface area contributed by atoms with Crippen LogP contribution in [-0.4, -0.2) is 18.3 Å². The Labute approximate surface area is 97.3 Å². The minimum atomic E-state index is -0.193. The van der Waals surface area contributed by atoms with Crippen molar-refractivity contribution in [3.63, 3.8) is 0 Å². The topological polar surface area (TPSA) is 29.5 Å². The Balaban J connectivity index is 2.18. The average Bonchev–Trinajstić information content (AvgIpc) is 2.27. The molecule has 2 atom stereocenters. The molecule has 2 nitrogen and oxygen atoms in total. The summed E-state index contributed by atoms with van der Waals surface area (Å²) < 4.78 is 5.40. The number of aliphatic hydroxyl groups is 1. The number of benzene rings is 1. The molecule has 2 heteroatoms. The predicted molar refractivity (Wildman–Crippen MR) is 64.8 cm³/mol. The molecule has 0 aliphatic heterocycles. The smallest absolute Gasteiger partial charge is 0.122 e. The van der Waals surface area contributed by atoms with Gasteiger partial charge in [0, 0.05) is 0 Å². The molecule has 1 aliphatic carbocycles. The lowest BCUT2D eigenvalue weighted by molar-refractivity contribution is 0.155. The van der Waals surface area contributed by atoms with Crippen LogP contribution in [0.1, 0.15) is 30.9 Å². The molecule has 0 amide bonds. The Morgan fingerprint density at radius 3 is 3.00 bits per heavy atom. The summed E-state index contributed by atoms with van der Waals surface area (Å²) in [5.74, 6) is 1.61. The maximum absolute atomic E-state index is 9.45. The summed E-state index contributed by atoms with van der Waals surface area (Å²) >= 11 is 0. The van der Waals surface area contributed by atoms with Gasteiger partial charge in [-0.25, -0.2) is 0 Å². The van der Waals surface area contributed by atoms with Gasteiger partial charge in [-0.2, -0.15) is 0 Å². The van der Waals surface area contributed by atoms with E-state index in [9.17, 15) is 5.11 Å². The third-order valence-corrected chi connectivity index (χ3v) is 3.44. The highest BCUT2D eigenvalue weighted by atomic mass is 16.5. The van der Waals surface area contributed by atoms with E-state index in [-0.39, 0.29) is 6.10 Å². The third kappa shape index (κ3) is 2.38. The van der Waals surface area contributed by atoms with E-state index in [0.717, 1.165) is 25.0 Å². The SMILES string of the molecule is COc1cccc2c1C[C@@H](C[C@H](C)O)CC2. The van der Waals surface area contributed by atoms with Crippen LogP contribution in [-0.2, 0) is 12.8 Å². The zero-order valence-corrected chi connectivity index (χ0v) is 10.1. The van der Waals surface area contributed by atoms with Crippen LogP contribution in [0.2, 0.25) is 0 Å². The van der Waals surface area contributed by atoms with E-state index in [1.54, 1.807) is 7.11 Å². The molecule has 0 saturated carbocycles. The van der Waals surface area contributed by atoms with E-state index in [1.165, 1.54) is 17.5 Å². The van der Waals surface area contributed by atoms with Crippen LogP contribution in [0.25, 0.3) is 0 Å². The molecule has 0 saturated heterocycles. The maximum Gasteiger partial charge on any atom is 0.122 e. The van der Waals surface area contributed by atoms with Crippen LogP contribution in [0.15, 0.2) is 18.2 Å². The molecule has 0 spiro atoms. The zero-order valence-electron chi connectivity index (χ0n) is 10.1. The predicted octanol–water partition coefficient (Wildman–Crippen LogP) is 2.57. The van der Waals surface area contributed by atoms with Crippen molar-refractivity contribution in [2.24, 2.45) is 5.92 Å². The van der Waals surface area contributed by atoms with Crippen molar-refractivity contribution in [1.29, 1.82) is 0 Å². The monoisotopic (exact) mass is 220 g/mol. The molecule has 0 aromatic heterocycles. The van der Waals surface area contributed by atoms with Crippen LogP contribution < -0.4 is 4.74 Å². The average molecular weight is 220 g/mol. The molecule has 16 heavy (non-hydrogen) atoms. The van der Waals surface area contributed by atoms with Crippen LogP contribution in [0.5, 0.6) is 5.75 Å². The fraction of sp³-hybridized carbons (Fsp3) is 0.571. The number of ether oxygens (including phenoxy) is 1. The van der Waals surface area contributed by atoms with Gasteiger partial charge in [0.15, 0.2) is 0 Å². The molecule has 0 unspecified atom stereocenters. The Morgan fingerprint density at radius 1 is 1.50 bits per heavy atom. The molecule has 1 aliphatic rings. The van der Waals surface area contributed by atoms with Crippen molar-refractivity contribution >= 4 is 0 Å². The van der Waals surface area contributed by atoms with Crippen LogP contribution in [0.3, 0.4) is 0 Å². The summed E-state index contributed by atoms with van der Waals surface area (Å²) in [5, 5.41) is 9.45. The Bertz CT molecular complexity index is 344. The fourth-order valence-electron chi connectivity index (χ4n) is 2.70. The lowest BCUT2D eigenvalue weighted by Gasteiger charge is -2.26. The standard InChI is InChI=1S/C14H20O2/c1-10(15)8-11-6-7-12-4-3-5-14(16-2)13(12)9-11/h3-5,10-11,15H,6-9H2,1-2H3/t10-,11+/m0/s1. The summed E-state index contributed by atoms with van der Waals surface area (Å²) in [5.41, 5.74) is 2.77. The molecule has 1 aromatic rings. The zero-order chi connectivity index (χ0) is 11.5. The molecular formula is C14H20O2. The molecule has 0 bridgehead atoms. The van der Waals surface area contributed by atoms with Gasteiger partial charge < -0.3 is 9.84 Å². The molecule has 0 fully saturated rings. The fourth-order valence-corrected chi connectivity index (χ4v) is 2.70. The van der Waals surface area contributed by atoms with Crippen molar-refractivity contribution in [2.75, 3.05) is 7.11 Å². The van der Waals surface area contributed by atoms with Gasteiger partial charge in [-0.15, -0.1) is 0 Å². The van der Waals surface area contributed by atoms with Gasteiger partial charge >= 0.3 is 0 Å². The first-order chi connectivity index (χ1) is 7.70. The number of rotatable bonds is 3. The van der Waals surface area contributed by atoms with Gasteiger partial charge in [0.05, 0.1) is 13.2 Å². The number of hydrogen-bond acceptors (Lipinski definition) is 2. The first kappa shape index (κ1) is 11.5. The maximum atomic E-state index is 9.45. The van der Waals surface area contributed by atoms with Crippen LogP contribution in [0.4, 0.5) is 0 Å². The first-order valence-corrected chi connectivity index (χ1v) is 6.03.